The molecule has 2 saturated heterocycles. The highest BCUT2D eigenvalue weighted by Crippen LogP contribution is 2.29. The lowest BCUT2D eigenvalue weighted by atomic mass is 9.97. The van der Waals surface area contributed by atoms with Gasteiger partial charge in [-0.15, -0.1) is 0 Å². The third-order valence-electron chi connectivity index (χ3n) is 4.33. The van der Waals surface area contributed by atoms with Gasteiger partial charge in [-0.25, -0.2) is 0 Å². The molecule has 1 N–H and O–H groups in total. The average molecular weight is 271 g/mol. The Morgan fingerprint density at radius 2 is 2.30 bits per heavy atom. The molecule has 2 aliphatic heterocycles. The number of ether oxygens (including phenoxy) is 1. The van der Waals surface area contributed by atoms with Gasteiger partial charge in [0.05, 0.1) is 0 Å². The summed E-state index contributed by atoms with van der Waals surface area (Å²) in [5.41, 5.74) is 1.09. The van der Waals surface area contributed by atoms with Gasteiger partial charge in [-0.1, -0.05) is 6.07 Å². The van der Waals surface area contributed by atoms with E-state index in [0.717, 1.165) is 17.5 Å². The maximum atomic E-state index is 8.55. The minimum atomic E-state index is 0.101. The molecule has 0 saturated carbocycles. The monoisotopic (exact) mass is 271 g/mol. The fourth-order valence-electron chi connectivity index (χ4n) is 3.38. The predicted molar refractivity (Wildman–Crippen MR) is 78.8 cm³/mol. The molecule has 2 fully saturated rings. The van der Waals surface area contributed by atoms with Crippen LogP contribution in [-0.4, -0.2) is 36.7 Å². The molecule has 0 spiro atoms. The third kappa shape index (κ3) is 3.05. The molecule has 2 atom stereocenters. The fourth-order valence-corrected chi connectivity index (χ4v) is 3.38. The molecule has 4 heteroatoms. The number of piperidine rings is 1. The molecule has 1 aromatic carbocycles. The van der Waals surface area contributed by atoms with E-state index in [2.05, 4.69) is 16.3 Å². The Morgan fingerprint density at radius 1 is 1.35 bits per heavy atom. The topological polar surface area (TPSA) is 48.3 Å². The molecule has 2 unspecified atom stereocenters. The zero-order valence-corrected chi connectivity index (χ0v) is 11.7. The maximum Gasteiger partial charge on any atom is 0.174 e. The number of nitrogens with one attached hydrogen (secondary N) is 1. The van der Waals surface area contributed by atoms with E-state index in [1.807, 2.05) is 24.3 Å². The third-order valence-corrected chi connectivity index (χ3v) is 4.33. The molecule has 20 heavy (non-hydrogen) atoms. The molecule has 1 aromatic rings. The number of rotatable bonds is 4. The Kier molecular flexibility index (Phi) is 4.08. The average Bonchev–Trinajstić information content (AvgIpc) is 2.93. The molecule has 0 bridgehead atoms. The van der Waals surface area contributed by atoms with Gasteiger partial charge in [-0.3, -0.25) is 0 Å². The standard InChI is InChI=1S/C16H21N3O/c17-7-10-20-16-5-1-3-13(12-16)18-14-6-9-19-8-2-4-15(19)11-14/h1,3,5,12,14-15,18H,2,4,6,8-11H2. The van der Waals surface area contributed by atoms with Crippen molar-refractivity contribution in [2.24, 2.45) is 0 Å². The smallest absolute Gasteiger partial charge is 0.174 e. The van der Waals surface area contributed by atoms with Crippen molar-refractivity contribution in [2.45, 2.75) is 37.8 Å². The summed E-state index contributed by atoms with van der Waals surface area (Å²) in [7, 11) is 0. The van der Waals surface area contributed by atoms with Gasteiger partial charge in [-0.2, -0.15) is 5.26 Å². The van der Waals surface area contributed by atoms with E-state index >= 15 is 0 Å². The van der Waals surface area contributed by atoms with Gasteiger partial charge in [0.1, 0.15) is 11.8 Å². The van der Waals surface area contributed by atoms with E-state index in [-0.39, 0.29) is 6.61 Å². The lowest BCUT2D eigenvalue weighted by molar-refractivity contribution is 0.188. The van der Waals surface area contributed by atoms with E-state index in [4.69, 9.17) is 10.00 Å². The van der Waals surface area contributed by atoms with E-state index < -0.39 is 0 Å². The maximum absolute atomic E-state index is 8.55. The molecule has 0 aromatic heterocycles. The van der Waals surface area contributed by atoms with Crippen molar-refractivity contribution in [3.05, 3.63) is 24.3 Å². The Balaban J connectivity index is 1.58. The molecule has 0 aliphatic carbocycles. The van der Waals surface area contributed by atoms with Crippen molar-refractivity contribution in [1.82, 2.24) is 4.90 Å². The van der Waals surface area contributed by atoms with Crippen LogP contribution in [0.15, 0.2) is 24.3 Å². The molecule has 3 rings (SSSR count). The second kappa shape index (κ2) is 6.15. The van der Waals surface area contributed by atoms with Crippen LogP contribution in [0.1, 0.15) is 25.7 Å². The first-order valence-corrected chi connectivity index (χ1v) is 7.45. The zero-order valence-electron chi connectivity index (χ0n) is 11.7. The first kappa shape index (κ1) is 13.3. The van der Waals surface area contributed by atoms with Crippen molar-refractivity contribution in [3.63, 3.8) is 0 Å². The number of hydrogen-bond donors (Lipinski definition) is 1. The highest BCUT2D eigenvalue weighted by molar-refractivity contribution is 5.49. The largest absolute Gasteiger partial charge is 0.479 e. The number of fused-ring (bicyclic) bond motifs is 1. The summed E-state index contributed by atoms with van der Waals surface area (Å²) >= 11 is 0. The van der Waals surface area contributed by atoms with Gasteiger partial charge in [0.15, 0.2) is 6.61 Å². The number of benzene rings is 1. The Morgan fingerprint density at radius 3 is 3.20 bits per heavy atom. The molecule has 0 radical (unpaired) electrons. The van der Waals surface area contributed by atoms with Crippen LogP contribution in [0.3, 0.4) is 0 Å². The second-order valence-corrected chi connectivity index (χ2v) is 5.67. The molecule has 4 nitrogen and oxygen atoms in total. The number of nitrogens with zero attached hydrogens (tertiary/aromatic N) is 2. The van der Waals surface area contributed by atoms with Crippen molar-refractivity contribution in [1.29, 1.82) is 5.26 Å². The summed E-state index contributed by atoms with van der Waals surface area (Å²) in [6.45, 7) is 2.60. The van der Waals surface area contributed by atoms with Gasteiger partial charge >= 0.3 is 0 Å². The minimum absolute atomic E-state index is 0.101. The summed E-state index contributed by atoms with van der Waals surface area (Å²) in [4.78, 5) is 2.63. The van der Waals surface area contributed by atoms with E-state index in [1.165, 1.54) is 38.8 Å². The van der Waals surface area contributed by atoms with Crippen LogP contribution < -0.4 is 10.1 Å². The summed E-state index contributed by atoms with van der Waals surface area (Å²) in [5.74, 6) is 0.759. The van der Waals surface area contributed by atoms with Gasteiger partial charge in [-0.05, 0) is 44.4 Å². The van der Waals surface area contributed by atoms with Crippen molar-refractivity contribution < 1.29 is 4.74 Å². The first-order valence-electron chi connectivity index (χ1n) is 7.45. The Hall–Kier alpha value is -1.73. The molecule has 106 valence electrons. The molecular formula is C16H21N3O. The van der Waals surface area contributed by atoms with E-state index in [9.17, 15) is 0 Å². The second-order valence-electron chi connectivity index (χ2n) is 5.67. The Labute approximate surface area is 120 Å². The lowest BCUT2D eigenvalue weighted by Crippen LogP contribution is -2.42. The van der Waals surface area contributed by atoms with Gasteiger partial charge in [0.25, 0.3) is 0 Å². The summed E-state index contributed by atoms with van der Waals surface area (Å²) in [6.07, 6.45) is 5.15. The van der Waals surface area contributed by atoms with Crippen LogP contribution >= 0.6 is 0 Å². The van der Waals surface area contributed by atoms with Crippen molar-refractivity contribution in [3.8, 4) is 11.8 Å². The minimum Gasteiger partial charge on any atom is -0.479 e. The van der Waals surface area contributed by atoms with Crippen LogP contribution in [0.5, 0.6) is 5.75 Å². The van der Waals surface area contributed by atoms with E-state index in [0.29, 0.717) is 6.04 Å². The van der Waals surface area contributed by atoms with Crippen LogP contribution in [-0.2, 0) is 0 Å². The first-order chi connectivity index (χ1) is 9.85. The van der Waals surface area contributed by atoms with Crippen LogP contribution in [0, 0.1) is 11.3 Å². The van der Waals surface area contributed by atoms with Crippen LogP contribution in [0.2, 0.25) is 0 Å². The van der Waals surface area contributed by atoms with E-state index in [1.54, 1.807) is 0 Å². The van der Waals surface area contributed by atoms with Gasteiger partial charge in [0, 0.05) is 30.4 Å². The Bertz CT molecular complexity index is 497. The van der Waals surface area contributed by atoms with Gasteiger partial charge in [0.2, 0.25) is 0 Å². The molecular weight excluding hydrogens is 250 g/mol. The summed E-state index contributed by atoms with van der Waals surface area (Å²) in [5, 5.41) is 12.2. The number of anilines is 1. The molecule has 2 heterocycles. The normalized spacial score (nSPS) is 25.8. The van der Waals surface area contributed by atoms with Crippen molar-refractivity contribution in [2.75, 3.05) is 25.0 Å². The quantitative estimate of drug-likeness (QED) is 0.914. The highest BCUT2D eigenvalue weighted by atomic mass is 16.5. The zero-order chi connectivity index (χ0) is 13.8. The van der Waals surface area contributed by atoms with Crippen LogP contribution in [0.25, 0.3) is 0 Å². The molecule has 2 aliphatic rings. The highest BCUT2D eigenvalue weighted by Gasteiger charge is 2.31. The lowest BCUT2D eigenvalue weighted by Gasteiger charge is -2.35. The van der Waals surface area contributed by atoms with Gasteiger partial charge < -0.3 is 15.0 Å². The fraction of sp³-hybridized carbons (Fsp3) is 0.562. The van der Waals surface area contributed by atoms with Crippen molar-refractivity contribution >= 4 is 5.69 Å². The SMILES string of the molecule is N#CCOc1cccc(NC2CCN3CCCC3C2)c1. The number of hydrogen-bond acceptors (Lipinski definition) is 4. The predicted octanol–water partition coefficient (Wildman–Crippen LogP) is 2.63. The molecule has 0 amide bonds. The number of nitriles is 1. The van der Waals surface area contributed by atoms with Crippen LogP contribution in [0.4, 0.5) is 5.69 Å². The summed E-state index contributed by atoms with van der Waals surface area (Å²) in [6, 6.07) is 11.2. The summed E-state index contributed by atoms with van der Waals surface area (Å²) < 4.78 is 5.34.